The minimum absolute atomic E-state index is 0.212. The molecular formula is C13H13N3O2S. The van der Waals surface area contributed by atoms with Crippen LogP contribution in [0.4, 0.5) is 0 Å². The smallest absolute Gasteiger partial charge is 0.290 e. The molecule has 0 atom stereocenters. The van der Waals surface area contributed by atoms with Crippen molar-refractivity contribution < 1.29 is 9.32 Å². The summed E-state index contributed by atoms with van der Waals surface area (Å²) in [6.45, 7) is 2.49. The van der Waals surface area contributed by atoms with Gasteiger partial charge in [0.15, 0.2) is 0 Å². The lowest BCUT2D eigenvalue weighted by atomic mass is 10.2. The molecule has 0 unspecified atom stereocenters. The average Bonchev–Trinajstić information content (AvgIpc) is 3.02. The molecule has 2 rings (SSSR count). The SMILES string of the molecule is Cc1cc(C(=O)NCc2sccc2C#CCN)on1. The summed E-state index contributed by atoms with van der Waals surface area (Å²) in [5, 5.41) is 8.37. The van der Waals surface area contributed by atoms with Crippen LogP contribution in [0.1, 0.15) is 26.7 Å². The number of hydrogen-bond donors (Lipinski definition) is 2. The van der Waals surface area contributed by atoms with E-state index in [0.29, 0.717) is 18.8 Å². The predicted molar refractivity (Wildman–Crippen MR) is 72.7 cm³/mol. The summed E-state index contributed by atoms with van der Waals surface area (Å²) in [6.07, 6.45) is 0. The maximum absolute atomic E-state index is 11.8. The molecule has 98 valence electrons. The molecule has 3 N–H and O–H groups in total. The molecule has 2 heterocycles. The second-order valence-corrected chi connectivity index (χ2v) is 4.78. The Labute approximate surface area is 114 Å². The van der Waals surface area contributed by atoms with E-state index in [2.05, 4.69) is 22.3 Å². The fourth-order valence-corrected chi connectivity index (χ4v) is 2.22. The molecule has 0 radical (unpaired) electrons. The Morgan fingerprint density at radius 2 is 2.47 bits per heavy atom. The lowest BCUT2D eigenvalue weighted by Gasteiger charge is -2.01. The standard InChI is InChI=1S/C13H13N3O2S/c1-9-7-11(18-16-9)13(17)15-8-12-10(3-2-5-14)4-6-19-12/h4,6-7H,5,8,14H2,1H3,(H,15,17). The number of thiophene rings is 1. The molecule has 0 fully saturated rings. The van der Waals surface area contributed by atoms with E-state index in [4.69, 9.17) is 10.3 Å². The highest BCUT2D eigenvalue weighted by Gasteiger charge is 2.12. The first kappa shape index (κ1) is 13.3. The molecule has 6 heteroatoms. The van der Waals surface area contributed by atoms with Crippen LogP contribution in [0.3, 0.4) is 0 Å². The van der Waals surface area contributed by atoms with Crippen molar-refractivity contribution in [2.75, 3.05) is 6.54 Å². The number of aromatic nitrogens is 1. The first-order chi connectivity index (χ1) is 9.20. The fraction of sp³-hybridized carbons (Fsp3) is 0.231. The molecule has 0 bridgehead atoms. The van der Waals surface area contributed by atoms with Gasteiger partial charge in [-0.15, -0.1) is 11.3 Å². The number of aryl methyl sites for hydroxylation is 1. The Morgan fingerprint density at radius 1 is 1.63 bits per heavy atom. The number of hydrogen-bond acceptors (Lipinski definition) is 5. The summed E-state index contributed by atoms with van der Waals surface area (Å²) in [6, 6.07) is 3.51. The normalized spacial score (nSPS) is 9.79. The van der Waals surface area contributed by atoms with Crippen molar-refractivity contribution in [2.45, 2.75) is 13.5 Å². The van der Waals surface area contributed by atoms with Crippen LogP contribution in [0, 0.1) is 18.8 Å². The third-order valence-electron chi connectivity index (χ3n) is 2.33. The highest BCUT2D eigenvalue weighted by Crippen LogP contribution is 2.15. The van der Waals surface area contributed by atoms with Crippen LogP contribution in [-0.4, -0.2) is 17.6 Å². The molecule has 2 aromatic heterocycles. The molecule has 0 aliphatic heterocycles. The maximum Gasteiger partial charge on any atom is 0.290 e. The van der Waals surface area contributed by atoms with Gasteiger partial charge in [0.05, 0.1) is 18.8 Å². The van der Waals surface area contributed by atoms with E-state index in [1.54, 1.807) is 13.0 Å². The van der Waals surface area contributed by atoms with Gasteiger partial charge in [-0.25, -0.2) is 0 Å². The zero-order valence-corrected chi connectivity index (χ0v) is 11.2. The minimum atomic E-state index is -0.285. The van der Waals surface area contributed by atoms with Crippen molar-refractivity contribution >= 4 is 17.2 Å². The van der Waals surface area contributed by atoms with E-state index >= 15 is 0 Å². The van der Waals surface area contributed by atoms with E-state index in [1.807, 2.05) is 11.4 Å². The number of carbonyl (C=O) groups is 1. The van der Waals surface area contributed by atoms with E-state index in [1.165, 1.54) is 11.3 Å². The van der Waals surface area contributed by atoms with Gasteiger partial charge in [0.2, 0.25) is 5.76 Å². The third kappa shape index (κ3) is 3.44. The number of nitrogens with two attached hydrogens (primary N) is 1. The molecule has 0 aliphatic rings. The van der Waals surface area contributed by atoms with Crippen LogP contribution in [0.5, 0.6) is 0 Å². The van der Waals surface area contributed by atoms with Crippen molar-refractivity contribution in [3.63, 3.8) is 0 Å². The Hall–Kier alpha value is -2.10. The first-order valence-corrected chi connectivity index (χ1v) is 6.55. The maximum atomic E-state index is 11.8. The van der Waals surface area contributed by atoms with E-state index in [0.717, 1.165) is 10.4 Å². The van der Waals surface area contributed by atoms with Crippen LogP contribution < -0.4 is 11.1 Å². The highest BCUT2D eigenvalue weighted by molar-refractivity contribution is 7.10. The van der Waals surface area contributed by atoms with Crippen molar-refractivity contribution in [1.82, 2.24) is 10.5 Å². The first-order valence-electron chi connectivity index (χ1n) is 5.67. The summed E-state index contributed by atoms with van der Waals surface area (Å²) < 4.78 is 4.89. The van der Waals surface area contributed by atoms with Gasteiger partial charge in [0.25, 0.3) is 5.91 Å². The summed E-state index contributed by atoms with van der Waals surface area (Å²) in [4.78, 5) is 12.8. The number of nitrogens with zero attached hydrogens (tertiary/aromatic N) is 1. The molecule has 5 nitrogen and oxygen atoms in total. The molecule has 1 amide bonds. The zero-order valence-electron chi connectivity index (χ0n) is 10.4. The molecule has 2 aromatic rings. The van der Waals surface area contributed by atoms with Gasteiger partial charge < -0.3 is 15.6 Å². The van der Waals surface area contributed by atoms with Gasteiger partial charge >= 0.3 is 0 Å². The fourth-order valence-electron chi connectivity index (χ4n) is 1.45. The molecular weight excluding hydrogens is 262 g/mol. The second-order valence-electron chi connectivity index (χ2n) is 3.78. The van der Waals surface area contributed by atoms with Gasteiger partial charge in [-0.05, 0) is 18.4 Å². The molecule has 0 aromatic carbocycles. The van der Waals surface area contributed by atoms with Crippen molar-refractivity contribution in [3.05, 3.63) is 39.4 Å². The van der Waals surface area contributed by atoms with Gasteiger partial charge in [-0.3, -0.25) is 4.79 Å². The lowest BCUT2D eigenvalue weighted by molar-refractivity contribution is 0.0914. The zero-order chi connectivity index (χ0) is 13.7. The molecule has 0 aliphatic carbocycles. The van der Waals surface area contributed by atoms with E-state index in [9.17, 15) is 4.79 Å². The largest absolute Gasteiger partial charge is 0.351 e. The molecule has 0 spiro atoms. The Morgan fingerprint density at radius 3 is 3.16 bits per heavy atom. The van der Waals surface area contributed by atoms with Gasteiger partial charge in [0.1, 0.15) is 0 Å². The number of rotatable bonds is 3. The van der Waals surface area contributed by atoms with Gasteiger partial charge in [0, 0.05) is 16.5 Å². The number of amides is 1. The second kappa shape index (κ2) is 6.18. The summed E-state index contributed by atoms with van der Waals surface area (Å²) in [5.74, 6) is 5.69. The summed E-state index contributed by atoms with van der Waals surface area (Å²) in [7, 11) is 0. The summed E-state index contributed by atoms with van der Waals surface area (Å²) >= 11 is 1.54. The quantitative estimate of drug-likeness (QED) is 0.827. The highest BCUT2D eigenvalue weighted by atomic mass is 32.1. The third-order valence-corrected chi connectivity index (χ3v) is 3.25. The van der Waals surface area contributed by atoms with Crippen LogP contribution >= 0.6 is 11.3 Å². The summed E-state index contributed by atoms with van der Waals surface area (Å²) in [5.41, 5.74) is 6.91. The lowest BCUT2D eigenvalue weighted by Crippen LogP contribution is -2.22. The molecule has 0 saturated carbocycles. The van der Waals surface area contributed by atoms with Crippen molar-refractivity contribution in [3.8, 4) is 11.8 Å². The Bertz CT molecular complexity index is 634. The Kier molecular flexibility index (Phi) is 4.34. The van der Waals surface area contributed by atoms with Gasteiger partial charge in [-0.2, -0.15) is 0 Å². The molecule has 19 heavy (non-hydrogen) atoms. The number of carbonyl (C=O) groups excluding carboxylic acids is 1. The van der Waals surface area contributed by atoms with Gasteiger partial charge in [-0.1, -0.05) is 17.0 Å². The van der Waals surface area contributed by atoms with Crippen LogP contribution in [0.15, 0.2) is 22.0 Å². The predicted octanol–water partition coefficient (Wildman–Crippen LogP) is 1.28. The van der Waals surface area contributed by atoms with Crippen LogP contribution in [0.25, 0.3) is 0 Å². The van der Waals surface area contributed by atoms with Crippen LogP contribution in [0.2, 0.25) is 0 Å². The topological polar surface area (TPSA) is 81.2 Å². The molecule has 0 saturated heterocycles. The number of nitrogens with one attached hydrogen (secondary N) is 1. The van der Waals surface area contributed by atoms with E-state index in [-0.39, 0.29) is 11.7 Å². The monoisotopic (exact) mass is 275 g/mol. The minimum Gasteiger partial charge on any atom is -0.351 e. The van der Waals surface area contributed by atoms with Crippen molar-refractivity contribution in [1.29, 1.82) is 0 Å². The van der Waals surface area contributed by atoms with E-state index < -0.39 is 0 Å². The average molecular weight is 275 g/mol. The van der Waals surface area contributed by atoms with Crippen molar-refractivity contribution in [2.24, 2.45) is 5.73 Å². The van der Waals surface area contributed by atoms with Crippen LogP contribution in [-0.2, 0) is 6.54 Å². The Balaban J connectivity index is 1.99.